The van der Waals surface area contributed by atoms with E-state index in [2.05, 4.69) is 5.32 Å². The summed E-state index contributed by atoms with van der Waals surface area (Å²) in [7, 11) is 1.43. The van der Waals surface area contributed by atoms with Gasteiger partial charge in [0.25, 0.3) is 0 Å². The molecule has 1 N–H and O–H groups in total. The van der Waals surface area contributed by atoms with Crippen LogP contribution in [0.25, 0.3) is 0 Å². The molecule has 0 aliphatic carbocycles. The van der Waals surface area contributed by atoms with Crippen LogP contribution in [0.2, 0.25) is 0 Å². The van der Waals surface area contributed by atoms with E-state index in [9.17, 15) is 26.3 Å². The Kier molecular flexibility index (Phi) is 7.95. The van der Waals surface area contributed by atoms with E-state index >= 15 is 0 Å². The van der Waals surface area contributed by atoms with Crippen molar-refractivity contribution in [1.29, 1.82) is 0 Å². The number of hydrogen-bond donors (Lipinski definition) is 1. The van der Waals surface area contributed by atoms with Crippen molar-refractivity contribution in [3.05, 3.63) is 65.7 Å². The van der Waals surface area contributed by atoms with E-state index in [1.165, 1.54) is 12.0 Å². The third-order valence-corrected chi connectivity index (χ3v) is 6.42. The van der Waals surface area contributed by atoms with Gasteiger partial charge in [0.15, 0.2) is 0 Å². The van der Waals surface area contributed by atoms with Crippen molar-refractivity contribution >= 4 is 0 Å². The topological polar surface area (TPSA) is 24.5 Å². The van der Waals surface area contributed by atoms with Crippen LogP contribution in [0.1, 0.15) is 24.1 Å². The largest absolute Gasteiger partial charge is 0.496 e. The number of nitrogens with one attached hydrogen (secondary N) is 1. The average molecular weight is 474 g/mol. The van der Waals surface area contributed by atoms with Crippen LogP contribution in [0.5, 0.6) is 5.75 Å². The molecule has 1 aliphatic heterocycles. The highest BCUT2D eigenvalue weighted by Gasteiger charge is 2.56. The van der Waals surface area contributed by atoms with E-state index in [1.807, 2.05) is 30.3 Å². The number of piperidine rings is 1. The van der Waals surface area contributed by atoms with Gasteiger partial charge in [0, 0.05) is 31.7 Å². The second kappa shape index (κ2) is 10.3. The van der Waals surface area contributed by atoms with Crippen LogP contribution in [0, 0.1) is 17.8 Å². The van der Waals surface area contributed by atoms with Gasteiger partial charge in [-0.15, -0.1) is 0 Å². The zero-order valence-electron chi connectivity index (χ0n) is 18.5. The lowest BCUT2D eigenvalue weighted by atomic mass is 9.77. The normalized spacial score (nSPS) is 23.3. The standard InChI is InChI=1S/C24H28F6N2O/c1-16-19(23(25,26)27)14-32(15-20(16)24(28,29)30)21(18-10-6-7-11-22(18)33-2)13-31-12-17-8-4-3-5-9-17/h3-11,16,19-21,31H,12-15H2,1-2H3. The van der Waals surface area contributed by atoms with Gasteiger partial charge < -0.3 is 10.1 Å². The minimum atomic E-state index is -4.73. The number of alkyl halides is 6. The molecule has 1 aliphatic rings. The summed E-state index contributed by atoms with van der Waals surface area (Å²) in [6, 6.07) is 15.4. The van der Waals surface area contributed by atoms with Gasteiger partial charge in [0.2, 0.25) is 0 Å². The molecular formula is C24H28F6N2O. The Balaban J connectivity index is 1.93. The molecule has 1 heterocycles. The molecule has 0 aromatic heterocycles. The lowest BCUT2D eigenvalue weighted by molar-refractivity contribution is -0.254. The fourth-order valence-electron chi connectivity index (χ4n) is 4.58. The van der Waals surface area contributed by atoms with Gasteiger partial charge in [0.1, 0.15) is 5.75 Å². The van der Waals surface area contributed by atoms with Crippen LogP contribution in [0.3, 0.4) is 0 Å². The van der Waals surface area contributed by atoms with Crippen molar-refractivity contribution in [3.8, 4) is 5.75 Å². The molecule has 2 aromatic rings. The Bertz CT molecular complexity index is 863. The molecular weight excluding hydrogens is 446 g/mol. The Hall–Kier alpha value is -2.26. The van der Waals surface area contributed by atoms with Crippen molar-refractivity contribution < 1.29 is 31.1 Å². The lowest BCUT2D eigenvalue weighted by Crippen LogP contribution is -2.56. The van der Waals surface area contributed by atoms with Crippen molar-refractivity contribution in [1.82, 2.24) is 10.2 Å². The monoisotopic (exact) mass is 474 g/mol. The molecule has 0 saturated carbocycles. The number of hydrogen-bond acceptors (Lipinski definition) is 3. The molecule has 1 fully saturated rings. The van der Waals surface area contributed by atoms with Gasteiger partial charge in [-0.2, -0.15) is 26.3 Å². The molecule has 182 valence electrons. The predicted octanol–water partition coefficient (Wildman–Crippen LogP) is 5.83. The first-order valence-electron chi connectivity index (χ1n) is 10.8. The lowest BCUT2D eigenvalue weighted by Gasteiger charge is -2.46. The van der Waals surface area contributed by atoms with Gasteiger partial charge >= 0.3 is 12.4 Å². The fourth-order valence-corrected chi connectivity index (χ4v) is 4.58. The quantitative estimate of drug-likeness (QED) is 0.511. The van der Waals surface area contributed by atoms with Crippen LogP contribution in [-0.4, -0.2) is 44.0 Å². The molecule has 0 spiro atoms. The van der Waals surface area contributed by atoms with E-state index in [0.29, 0.717) is 17.9 Å². The highest BCUT2D eigenvalue weighted by molar-refractivity contribution is 5.36. The summed E-state index contributed by atoms with van der Waals surface area (Å²) >= 11 is 0. The molecule has 0 radical (unpaired) electrons. The zero-order chi connectivity index (χ0) is 24.2. The summed E-state index contributed by atoms with van der Waals surface area (Å²) < 4.78 is 88.1. The molecule has 2 aromatic carbocycles. The highest BCUT2D eigenvalue weighted by atomic mass is 19.4. The average Bonchev–Trinajstić information content (AvgIpc) is 2.76. The van der Waals surface area contributed by atoms with Crippen LogP contribution in [-0.2, 0) is 6.54 Å². The van der Waals surface area contributed by atoms with E-state index in [0.717, 1.165) is 12.5 Å². The summed E-state index contributed by atoms with van der Waals surface area (Å²) in [4.78, 5) is 1.31. The number of methoxy groups -OCH3 is 1. The van der Waals surface area contributed by atoms with Gasteiger partial charge in [-0.25, -0.2) is 0 Å². The Morgan fingerprint density at radius 2 is 1.45 bits per heavy atom. The molecule has 33 heavy (non-hydrogen) atoms. The maximum atomic E-state index is 13.8. The van der Waals surface area contributed by atoms with Gasteiger partial charge in [0.05, 0.1) is 25.0 Å². The second-order valence-corrected chi connectivity index (χ2v) is 8.48. The molecule has 0 amide bonds. The summed E-state index contributed by atoms with van der Waals surface area (Å²) in [5.74, 6) is -5.29. The van der Waals surface area contributed by atoms with Gasteiger partial charge in [-0.05, 0) is 17.5 Å². The molecule has 0 bridgehead atoms. The number of benzene rings is 2. The van der Waals surface area contributed by atoms with Gasteiger partial charge in [-0.3, -0.25) is 4.90 Å². The van der Waals surface area contributed by atoms with E-state index in [4.69, 9.17) is 4.74 Å². The minimum absolute atomic E-state index is 0.165. The van der Waals surface area contributed by atoms with E-state index in [-0.39, 0.29) is 6.54 Å². The number of likely N-dealkylation sites (tertiary alicyclic amines) is 1. The van der Waals surface area contributed by atoms with Crippen molar-refractivity contribution in [2.45, 2.75) is 31.9 Å². The highest BCUT2D eigenvalue weighted by Crippen LogP contribution is 2.47. The molecule has 3 nitrogen and oxygen atoms in total. The van der Waals surface area contributed by atoms with Crippen LogP contribution in [0.15, 0.2) is 54.6 Å². The van der Waals surface area contributed by atoms with Crippen LogP contribution in [0.4, 0.5) is 26.3 Å². The zero-order valence-corrected chi connectivity index (χ0v) is 18.5. The maximum absolute atomic E-state index is 13.8. The Morgan fingerprint density at radius 3 is 2.00 bits per heavy atom. The molecule has 9 heteroatoms. The maximum Gasteiger partial charge on any atom is 0.393 e. The smallest absolute Gasteiger partial charge is 0.393 e. The fraction of sp³-hybridized carbons (Fsp3) is 0.500. The number of rotatable bonds is 7. The summed E-state index contributed by atoms with van der Waals surface area (Å²) in [5, 5.41) is 3.21. The predicted molar refractivity (Wildman–Crippen MR) is 114 cm³/mol. The van der Waals surface area contributed by atoms with Crippen LogP contribution < -0.4 is 10.1 Å². The first-order valence-corrected chi connectivity index (χ1v) is 10.8. The number of halogens is 6. The van der Waals surface area contributed by atoms with Crippen molar-refractivity contribution in [3.63, 3.8) is 0 Å². The molecule has 3 atom stereocenters. The summed E-state index contributed by atoms with van der Waals surface area (Å²) in [6.07, 6.45) is -9.46. The first kappa shape index (κ1) is 25.4. The Morgan fingerprint density at radius 1 is 0.909 bits per heavy atom. The van der Waals surface area contributed by atoms with E-state index < -0.39 is 49.2 Å². The van der Waals surface area contributed by atoms with Crippen molar-refractivity contribution in [2.75, 3.05) is 26.7 Å². The second-order valence-electron chi connectivity index (χ2n) is 8.48. The number of para-hydroxylation sites is 1. The first-order chi connectivity index (χ1) is 15.5. The molecule has 3 unspecified atom stereocenters. The summed E-state index contributed by atoms with van der Waals surface area (Å²) in [6.45, 7) is 0.639. The van der Waals surface area contributed by atoms with Crippen LogP contribution >= 0.6 is 0 Å². The van der Waals surface area contributed by atoms with Crippen molar-refractivity contribution in [2.24, 2.45) is 17.8 Å². The SMILES string of the molecule is COc1ccccc1C(CNCc1ccccc1)N1CC(C(F)(F)F)C(C)C(C(F)(F)F)C1. The number of nitrogens with zero attached hydrogens (tertiary/aromatic N) is 1. The summed E-state index contributed by atoms with van der Waals surface area (Å²) in [5.41, 5.74) is 1.52. The third kappa shape index (κ3) is 6.20. The minimum Gasteiger partial charge on any atom is -0.496 e. The molecule has 1 saturated heterocycles. The van der Waals surface area contributed by atoms with Gasteiger partial charge in [-0.1, -0.05) is 55.5 Å². The van der Waals surface area contributed by atoms with E-state index in [1.54, 1.807) is 24.3 Å². The third-order valence-electron chi connectivity index (χ3n) is 6.42. The number of ether oxygens (including phenoxy) is 1. The Labute approximate surface area is 189 Å². The molecule has 3 rings (SSSR count).